The number of hydrogen-bond donors (Lipinski definition) is 0. The van der Waals surface area contributed by atoms with Gasteiger partial charge in [-0.2, -0.15) is 9.57 Å². The van der Waals surface area contributed by atoms with E-state index in [-0.39, 0.29) is 0 Å². The molecule has 0 aliphatic carbocycles. The van der Waals surface area contributed by atoms with Gasteiger partial charge in [0, 0.05) is 32.7 Å². The quantitative estimate of drug-likeness (QED) is 0.685. The Hall–Kier alpha value is -2.72. The molecule has 0 aromatic heterocycles. The van der Waals surface area contributed by atoms with Crippen molar-refractivity contribution >= 4 is 20.8 Å². The molecule has 0 N–H and O–H groups in total. The van der Waals surface area contributed by atoms with Crippen LogP contribution in [0.4, 0.5) is 0 Å². The molecule has 28 heavy (non-hydrogen) atoms. The highest BCUT2D eigenvalue weighted by Crippen LogP contribution is 2.23. The molecule has 5 nitrogen and oxygen atoms in total. The molecule has 0 unspecified atom stereocenters. The Morgan fingerprint density at radius 2 is 1.54 bits per heavy atom. The molecule has 3 aromatic rings. The van der Waals surface area contributed by atoms with E-state index in [1.807, 2.05) is 54.6 Å². The van der Waals surface area contributed by atoms with E-state index in [0.717, 1.165) is 22.9 Å². The second-order valence-corrected chi connectivity index (χ2v) is 8.94. The first kappa shape index (κ1) is 18.6. The summed E-state index contributed by atoms with van der Waals surface area (Å²) < 4.78 is 27.7. The molecule has 0 radical (unpaired) electrons. The van der Waals surface area contributed by atoms with Gasteiger partial charge >= 0.3 is 0 Å². The predicted molar refractivity (Wildman–Crippen MR) is 109 cm³/mol. The molecule has 0 bridgehead atoms. The third-order valence-electron chi connectivity index (χ3n) is 5.18. The third-order valence-corrected chi connectivity index (χ3v) is 7.07. The molecule has 1 aliphatic rings. The van der Waals surface area contributed by atoms with Crippen molar-refractivity contribution in [3.05, 3.63) is 77.9 Å². The Balaban J connectivity index is 1.43. The van der Waals surface area contributed by atoms with Crippen molar-refractivity contribution in [1.82, 2.24) is 9.21 Å². The summed E-state index contributed by atoms with van der Waals surface area (Å²) in [5.41, 5.74) is 1.78. The van der Waals surface area contributed by atoms with Crippen molar-refractivity contribution in [2.24, 2.45) is 0 Å². The highest BCUT2D eigenvalue weighted by atomic mass is 32.2. The summed E-state index contributed by atoms with van der Waals surface area (Å²) in [6.45, 7) is 3.09. The van der Waals surface area contributed by atoms with Crippen LogP contribution >= 0.6 is 0 Å². The zero-order valence-electron chi connectivity index (χ0n) is 15.5. The van der Waals surface area contributed by atoms with Gasteiger partial charge in [0.15, 0.2) is 0 Å². The number of benzene rings is 3. The van der Waals surface area contributed by atoms with Crippen LogP contribution in [0.25, 0.3) is 10.8 Å². The van der Waals surface area contributed by atoms with Crippen LogP contribution in [-0.2, 0) is 16.6 Å². The van der Waals surface area contributed by atoms with E-state index in [0.29, 0.717) is 36.6 Å². The highest BCUT2D eigenvalue weighted by Gasteiger charge is 2.28. The number of fused-ring (bicyclic) bond motifs is 1. The molecular formula is C22H21N3O2S. The Kier molecular flexibility index (Phi) is 5.14. The third kappa shape index (κ3) is 3.78. The lowest BCUT2D eigenvalue weighted by molar-refractivity contribution is 0.181. The molecule has 0 amide bonds. The smallest absolute Gasteiger partial charge is 0.243 e. The molecule has 1 saturated heterocycles. The minimum Gasteiger partial charge on any atom is -0.296 e. The number of nitrogens with zero attached hydrogens (tertiary/aromatic N) is 3. The molecule has 6 heteroatoms. The molecule has 1 heterocycles. The largest absolute Gasteiger partial charge is 0.296 e. The van der Waals surface area contributed by atoms with Crippen molar-refractivity contribution in [1.29, 1.82) is 5.26 Å². The van der Waals surface area contributed by atoms with Crippen LogP contribution in [-0.4, -0.2) is 43.8 Å². The number of rotatable bonds is 4. The van der Waals surface area contributed by atoms with Crippen LogP contribution in [0.2, 0.25) is 0 Å². The second kappa shape index (κ2) is 7.72. The van der Waals surface area contributed by atoms with Gasteiger partial charge in [-0.1, -0.05) is 42.5 Å². The zero-order chi connectivity index (χ0) is 19.6. The molecule has 3 aromatic carbocycles. The van der Waals surface area contributed by atoms with Crippen LogP contribution < -0.4 is 0 Å². The summed E-state index contributed by atoms with van der Waals surface area (Å²) >= 11 is 0. The summed E-state index contributed by atoms with van der Waals surface area (Å²) in [6, 6.07) is 22.8. The summed E-state index contributed by atoms with van der Waals surface area (Å²) in [5, 5.41) is 10.9. The van der Waals surface area contributed by atoms with Crippen LogP contribution in [0.3, 0.4) is 0 Å². The molecule has 1 aliphatic heterocycles. The Labute approximate surface area is 165 Å². The van der Waals surface area contributed by atoms with Gasteiger partial charge in [-0.3, -0.25) is 4.90 Å². The van der Waals surface area contributed by atoms with E-state index in [2.05, 4.69) is 11.0 Å². The standard InChI is InChI=1S/C22H21N3O2S/c23-16-18-5-7-19(8-6-18)17-24-11-13-25(14-12-24)28(26,27)22-10-9-20-3-1-2-4-21(20)15-22/h1-10,15H,11-14,17H2. The van der Waals surface area contributed by atoms with Crippen molar-refractivity contribution in [3.8, 4) is 6.07 Å². The maximum absolute atomic E-state index is 13.0. The first-order valence-electron chi connectivity index (χ1n) is 9.27. The van der Waals surface area contributed by atoms with Crippen molar-refractivity contribution in [3.63, 3.8) is 0 Å². The van der Waals surface area contributed by atoms with E-state index < -0.39 is 10.0 Å². The molecule has 0 atom stereocenters. The monoisotopic (exact) mass is 391 g/mol. The molecule has 1 fully saturated rings. The highest BCUT2D eigenvalue weighted by molar-refractivity contribution is 7.89. The van der Waals surface area contributed by atoms with E-state index >= 15 is 0 Å². The van der Waals surface area contributed by atoms with Gasteiger partial charge in [0.05, 0.1) is 16.5 Å². The van der Waals surface area contributed by atoms with E-state index in [9.17, 15) is 8.42 Å². The van der Waals surface area contributed by atoms with Gasteiger partial charge in [0.2, 0.25) is 10.0 Å². The molecule has 0 saturated carbocycles. The first-order chi connectivity index (χ1) is 13.6. The second-order valence-electron chi connectivity index (χ2n) is 7.00. The number of hydrogen-bond acceptors (Lipinski definition) is 4. The Morgan fingerprint density at radius 1 is 0.857 bits per heavy atom. The lowest BCUT2D eigenvalue weighted by atomic mass is 10.1. The molecule has 142 valence electrons. The number of piperazine rings is 1. The SMILES string of the molecule is N#Cc1ccc(CN2CCN(S(=O)(=O)c3ccc4ccccc4c3)CC2)cc1. The van der Waals surface area contributed by atoms with E-state index in [4.69, 9.17) is 5.26 Å². The lowest BCUT2D eigenvalue weighted by Crippen LogP contribution is -2.48. The van der Waals surface area contributed by atoms with Crippen LogP contribution in [0, 0.1) is 11.3 Å². The normalized spacial score (nSPS) is 16.1. The molecule has 4 rings (SSSR count). The number of sulfonamides is 1. The van der Waals surface area contributed by atoms with Gasteiger partial charge in [-0.25, -0.2) is 8.42 Å². The summed E-state index contributed by atoms with van der Waals surface area (Å²) in [5.74, 6) is 0. The fourth-order valence-corrected chi connectivity index (χ4v) is 5.01. The Morgan fingerprint density at radius 3 is 2.21 bits per heavy atom. The summed E-state index contributed by atoms with van der Waals surface area (Å²) in [6.07, 6.45) is 0. The van der Waals surface area contributed by atoms with Gasteiger partial charge in [-0.15, -0.1) is 0 Å². The van der Waals surface area contributed by atoms with Gasteiger partial charge in [0.25, 0.3) is 0 Å². The average molecular weight is 391 g/mol. The Bertz CT molecular complexity index is 1130. The van der Waals surface area contributed by atoms with Gasteiger partial charge in [0.1, 0.15) is 0 Å². The maximum atomic E-state index is 13.0. The van der Waals surface area contributed by atoms with Crippen LogP contribution in [0.1, 0.15) is 11.1 Å². The van der Waals surface area contributed by atoms with Crippen molar-refractivity contribution < 1.29 is 8.42 Å². The van der Waals surface area contributed by atoms with Crippen LogP contribution in [0.15, 0.2) is 71.6 Å². The fraction of sp³-hybridized carbons (Fsp3) is 0.227. The summed E-state index contributed by atoms with van der Waals surface area (Å²) in [4.78, 5) is 2.60. The molecular weight excluding hydrogens is 370 g/mol. The predicted octanol–water partition coefficient (Wildman–Crippen LogP) is 3.22. The van der Waals surface area contributed by atoms with Crippen molar-refractivity contribution in [2.75, 3.05) is 26.2 Å². The van der Waals surface area contributed by atoms with E-state index in [1.54, 1.807) is 16.4 Å². The minimum absolute atomic E-state index is 0.353. The zero-order valence-corrected chi connectivity index (χ0v) is 16.3. The average Bonchev–Trinajstić information content (AvgIpc) is 2.74. The van der Waals surface area contributed by atoms with Gasteiger partial charge in [-0.05, 0) is 40.6 Å². The fourth-order valence-electron chi connectivity index (χ4n) is 3.55. The topological polar surface area (TPSA) is 64.4 Å². The van der Waals surface area contributed by atoms with E-state index in [1.165, 1.54) is 0 Å². The van der Waals surface area contributed by atoms with Crippen molar-refractivity contribution in [2.45, 2.75) is 11.4 Å². The van der Waals surface area contributed by atoms with Crippen LogP contribution in [0.5, 0.6) is 0 Å². The minimum atomic E-state index is -3.49. The van der Waals surface area contributed by atoms with Gasteiger partial charge < -0.3 is 0 Å². The summed E-state index contributed by atoms with van der Waals surface area (Å²) in [7, 11) is -3.49. The maximum Gasteiger partial charge on any atom is 0.243 e. The molecule has 0 spiro atoms. The number of nitriles is 1. The lowest BCUT2D eigenvalue weighted by Gasteiger charge is -2.34. The first-order valence-corrected chi connectivity index (χ1v) is 10.7.